The van der Waals surface area contributed by atoms with E-state index in [1.165, 1.54) is 21.5 Å². The number of nitrogens with zero attached hydrogens (tertiary/aromatic N) is 6. The van der Waals surface area contributed by atoms with Gasteiger partial charge in [-0.1, -0.05) is 176 Å². The van der Waals surface area contributed by atoms with Crippen molar-refractivity contribution < 1.29 is 4.42 Å². The molecule has 5 aromatic heterocycles. The predicted molar refractivity (Wildman–Crippen MR) is 329 cm³/mol. The Balaban J connectivity index is 0.987. The van der Waals surface area contributed by atoms with E-state index in [0.717, 1.165) is 121 Å². The maximum absolute atomic E-state index is 6.91. The Labute approximate surface area is 458 Å². The van der Waals surface area contributed by atoms with Gasteiger partial charge in [0.1, 0.15) is 11.2 Å². The summed E-state index contributed by atoms with van der Waals surface area (Å²) in [5.74, 6) is 1.67. The van der Waals surface area contributed by atoms with Crippen molar-refractivity contribution >= 4 is 98.1 Å². The van der Waals surface area contributed by atoms with E-state index < -0.39 is 0 Å². The molecule has 0 spiro atoms. The normalized spacial score (nSPS) is 12.0. The van der Waals surface area contributed by atoms with E-state index >= 15 is 0 Å². The Kier molecular flexibility index (Phi) is 9.58. The molecule has 7 nitrogen and oxygen atoms in total. The van der Waals surface area contributed by atoms with Crippen LogP contribution in [0.4, 0.5) is 0 Å². The molecule has 12 aromatic carbocycles. The molecule has 0 saturated heterocycles. The first-order valence-electron chi connectivity index (χ1n) is 27.1. The van der Waals surface area contributed by atoms with Gasteiger partial charge in [-0.2, -0.15) is 0 Å². The molecule has 372 valence electrons. The standard InChI is InChI=1S/C73H44N6O/c1-3-22-48(23-4-1)77-62-36-13-9-26-50(62)54-30-17-34-58(68(54)77)72-74-71(75-73(76-72)59-35-18-31-55-51-27-10-14-37-63(51)78(69(55)59)49-24-5-2-6-25-49)47-40-41-65(61(43-47)57-33-19-32-56-53-29-12-16-39-67(53)80-70(56)57)79-64-38-15-11-28-52(64)60-42-45-20-7-8-21-46(45)44-66(60)79/h1-44H. The van der Waals surface area contributed by atoms with Gasteiger partial charge < -0.3 is 18.1 Å². The second-order valence-electron chi connectivity index (χ2n) is 20.7. The minimum atomic E-state index is 0.543. The van der Waals surface area contributed by atoms with Gasteiger partial charge in [0, 0.05) is 82.3 Å². The second-order valence-corrected chi connectivity index (χ2v) is 20.7. The summed E-state index contributed by atoms with van der Waals surface area (Å²) in [7, 11) is 0. The molecule has 80 heavy (non-hydrogen) atoms. The number of furan rings is 1. The van der Waals surface area contributed by atoms with E-state index in [1.54, 1.807) is 0 Å². The molecular formula is C73H44N6O. The minimum absolute atomic E-state index is 0.543. The number of fused-ring (bicyclic) bond motifs is 13. The largest absolute Gasteiger partial charge is 0.455 e. The number of aromatic nitrogens is 6. The third kappa shape index (κ3) is 6.58. The van der Waals surface area contributed by atoms with E-state index in [2.05, 4.69) is 275 Å². The van der Waals surface area contributed by atoms with Crippen LogP contribution in [0.2, 0.25) is 0 Å². The molecule has 17 aromatic rings. The van der Waals surface area contributed by atoms with Gasteiger partial charge in [-0.25, -0.2) is 15.0 Å². The molecule has 0 N–H and O–H groups in total. The van der Waals surface area contributed by atoms with Crippen molar-refractivity contribution in [1.29, 1.82) is 0 Å². The fourth-order valence-corrected chi connectivity index (χ4v) is 12.8. The first kappa shape index (κ1) is 44.3. The van der Waals surface area contributed by atoms with Gasteiger partial charge in [0.05, 0.1) is 38.8 Å². The fourth-order valence-electron chi connectivity index (χ4n) is 12.8. The van der Waals surface area contributed by atoms with E-state index in [1.807, 2.05) is 6.07 Å². The fraction of sp³-hybridized carbons (Fsp3) is 0. The van der Waals surface area contributed by atoms with Crippen molar-refractivity contribution in [3.05, 3.63) is 267 Å². The van der Waals surface area contributed by atoms with Gasteiger partial charge in [0.2, 0.25) is 0 Å². The Morgan fingerprint density at radius 1 is 0.275 bits per heavy atom. The van der Waals surface area contributed by atoms with Crippen LogP contribution >= 0.6 is 0 Å². The Hall–Kier alpha value is -10.9. The molecule has 0 bridgehead atoms. The monoisotopic (exact) mass is 1020 g/mol. The first-order valence-corrected chi connectivity index (χ1v) is 27.1. The average Bonchev–Trinajstić information content (AvgIpc) is 4.34. The van der Waals surface area contributed by atoms with Gasteiger partial charge in [-0.3, -0.25) is 0 Å². The first-order chi connectivity index (χ1) is 39.7. The molecule has 0 radical (unpaired) electrons. The third-order valence-corrected chi connectivity index (χ3v) is 16.3. The number of hydrogen-bond acceptors (Lipinski definition) is 4. The van der Waals surface area contributed by atoms with Crippen LogP contribution in [0.15, 0.2) is 271 Å². The molecule has 0 amide bonds. The summed E-state index contributed by atoms with van der Waals surface area (Å²) in [6.07, 6.45) is 0. The van der Waals surface area contributed by atoms with Crippen molar-refractivity contribution in [1.82, 2.24) is 28.7 Å². The van der Waals surface area contributed by atoms with Crippen LogP contribution in [0.25, 0.3) is 160 Å². The lowest BCUT2D eigenvalue weighted by Gasteiger charge is -2.17. The molecule has 0 aliphatic carbocycles. The van der Waals surface area contributed by atoms with Crippen molar-refractivity contribution in [2.75, 3.05) is 0 Å². The maximum atomic E-state index is 6.91. The van der Waals surface area contributed by atoms with Gasteiger partial charge in [-0.15, -0.1) is 0 Å². The summed E-state index contributed by atoms with van der Waals surface area (Å²) in [6.45, 7) is 0. The van der Waals surface area contributed by atoms with Crippen LogP contribution in [0, 0.1) is 0 Å². The highest BCUT2D eigenvalue weighted by Gasteiger charge is 2.25. The van der Waals surface area contributed by atoms with Gasteiger partial charge in [-0.05, 0) is 102 Å². The summed E-state index contributed by atoms with van der Waals surface area (Å²) in [6, 6.07) is 95.0. The lowest BCUT2D eigenvalue weighted by atomic mass is 9.97. The molecule has 17 rings (SSSR count). The third-order valence-electron chi connectivity index (χ3n) is 16.3. The van der Waals surface area contributed by atoms with Crippen molar-refractivity contribution in [3.8, 4) is 62.4 Å². The maximum Gasteiger partial charge on any atom is 0.166 e. The van der Waals surface area contributed by atoms with Crippen LogP contribution in [0.3, 0.4) is 0 Å². The quantitative estimate of drug-likeness (QED) is 0.160. The summed E-state index contributed by atoms with van der Waals surface area (Å²) in [5.41, 5.74) is 15.8. The van der Waals surface area contributed by atoms with Crippen molar-refractivity contribution in [2.24, 2.45) is 0 Å². The van der Waals surface area contributed by atoms with Crippen LogP contribution in [-0.2, 0) is 0 Å². The molecule has 5 heterocycles. The molecule has 0 aliphatic rings. The van der Waals surface area contributed by atoms with Crippen LogP contribution in [-0.4, -0.2) is 28.7 Å². The Morgan fingerprint density at radius 2 is 0.738 bits per heavy atom. The molecule has 0 aliphatic heterocycles. The molecular weight excluding hydrogens is 977 g/mol. The number of para-hydroxylation sites is 9. The van der Waals surface area contributed by atoms with E-state index in [9.17, 15) is 0 Å². The number of hydrogen-bond donors (Lipinski definition) is 0. The van der Waals surface area contributed by atoms with Crippen molar-refractivity contribution in [2.45, 2.75) is 0 Å². The Bertz CT molecular complexity index is 5200. The summed E-state index contributed by atoms with van der Waals surface area (Å²) >= 11 is 0. The van der Waals surface area contributed by atoms with Crippen LogP contribution in [0.1, 0.15) is 0 Å². The highest BCUT2D eigenvalue weighted by atomic mass is 16.3. The van der Waals surface area contributed by atoms with Crippen molar-refractivity contribution in [3.63, 3.8) is 0 Å². The Morgan fingerprint density at radius 3 is 1.35 bits per heavy atom. The van der Waals surface area contributed by atoms with Crippen LogP contribution in [0.5, 0.6) is 0 Å². The second kappa shape index (κ2) is 17.3. The summed E-state index contributed by atoms with van der Waals surface area (Å²) in [5, 5.41) is 11.4. The lowest BCUT2D eigenvalue weighted by molar-refractivity contribution is 0.670. The molecule has 0 saturated carbocycles. The molecule has 0 atom stereocenters. The predicted octanol–water partition coefficient (Wildman–Crippen LogP) is 18.9. The lowest BCUT2D eigenvalue weighted by Crippen LogP contribution is -2.04. The average molecular weight is 1020 g/mol. The smallest absolute Gasteiger partial charge is 0.166 e. The van der Waals surface area contributed by atoms with Gasteiger partial charge in [0.15, 0.2) is 17.5 Å². The highest BCUT2D eigenvalue weighted by Crippen LogP contribution is 2.45. The van der Waals surface area contributed by atoms with Gasteiger partial charge in [0.25, 0.3) is 0 Å². The SMILES string of the molecule is c1ccc(-n2c3ccccc3c3cccc(-c4nc(-c5ccc(-n6c7ccccc7c7cc8ccccc8cc76)c(-c6cccc7c6oc6ccccc67)c5)nc(-c5cccc6c7ccccc7n(-c7ccccc7)c56)n4)c32)cc1. The van der Waals surface area contributed by atoms with E-state index in [-0.39, 0.29) is 0 Å². The minimum Gasteiger partial charge on any atom is -0.455 e. The van der Waals surface area contributed by atoms with Gasteiger partial charge >= 0.3 is 0 Å². The van der Waals surface area contributed by atoms with E-state index in [0.29, 0.717) is 17.5 Å². The highest BCUT2D eigenvalue weighted by molar-refractivity contribution is 6.17. The number of benzene rings is 12. The summed E-state index contributed by atoms with van der Waals surface area (Å²) in [4.78, 5) is 16.9. The molecule has 7 heteroatoms. The zero-order valence-electron chi connectivity index (χ0n) is 43.0. The van der Waals surface area contributed by atoms with Crippen LogP contribution < -0.4 is 0 Å². The molecule has 0 fully saturated rings. The summed E-state index contributed by atoms with van der Waals surface area (Å²) < 4.78 is 14.0. The zero-order chi connectivity index (χ0) is 52.4. The zero-order valence-corrected chi connectivity index (χ0v) is 43.0. The number of rotatable bonds is 7. The van der Waals surface area contributed by atoms with E-state index in [4.69, 9.17) is 19.4 Å². The molecule has 0 unspecified atom stereocenters. The topological polar surface area (TPSA) is 66.6 Å².